The van der Waals surface area contributed by atoms with Gasteiger partial charge in [-0.05, 0) is 96.0 Å². The maximum absolute atomic E-state index is 3.89. The molecule has 0 bridgehead atoms. The number of rotatable bonds is 1. The zero-order chi connectivity index (χ0) is 13.7. The highest BCUT2D eigenvalue weighted by molar-refractivity contribution is 5.94. The Bertz CT molecular complexity index is 743. The van der Waals surface area contributed by atoms with Crippen molar-refractivity contribution in [2.75, 3.05) is 0 Å². The molecule has 1 aliphatic rings. The van der Waals surface area contributed by atoms with Gasteiger partial charge in [0.25, 0.3) is 0 Å². The fourth-order valence-electron chi connectivity index (χ4n) is 3.14. The summed E-state index contributed by atoms with van der Waals surface area (Å²) in [6.45, 7) is 12.8. The van der Waals surface area contributed by atoms with E-state index in [-0.39, 0.29) is 0 Å². The molecule has 0 saturated carbocycles. The Kier molecular flexibility index (Phi) is 2.63. The number of hydrogen-bond acceptors (Lipinski definition) is 0. The van der Waals surface area contributed by atoms with Gasteiger partial charge in [0.2, 0.25) is 0 Å². The molecule has 0 fully saturated rings. The Morgan fingerprint density at radius 3 is 2.05 bits per heavy atom. The third-order valence-electron chi connectivity index (χ3n) is 4.77. The number of benzene rings is 2. The van der Waals surface area contributed by atoms with Crippen LogP contribution >= 0.6 is 0 Å². The van der Waals surface area contributed by atoms with E-state index in [9.17, 15) is 0 Å². The monoisotopic (exact) mass is 248 g/mol. The second-order valence-electron chi connectivity index (χ2n) is 5.70. The zero-order valence-electron chi connectivity index (χ0n) is 12.2. The molecule has 2 aromatic carbocycles. The lowest BCUT2D eigenvalue weighted by Gasteiger charge is -2.15. The number of aryl methyl sites for hydroxylation is 2. The van der Waals surface area contributed by atoms with Gasteiger partial charge >= 0.3 is 0 Å². The molecule has 0 aliphatic heterocycles. The van der Waals surface area contributed by atoms with Crippen molar-refractivity contribution in [3.63, 3.8) is 0 Å². The van der Waals surface area contributed by atoms with Gasteiger partial charge in [-0.25, -0.2) is 0 Å². The average molecular weight is 248 g/mol. The van der Waals surface area contributed by atoms with Gasteiger partial charge in [-0.3, -0.25) is 0 Å². The number of fused-ring (bicyclic) bond motifs is 2. The summed E-state index contributed by atoms with van der Waals surface area (Å²) >= 11 is 0. The van der Waals surface area contributed by atoms with E-state index in [4.69, 9.17) is 0 Å². The molecular formula is C19H20. The van der Waals surface area contributed by atoms with Crippen LogP contribution in [-0.2, 0) is 6.42 Å². The molecule has 19 heavy (non-hydrogen) atoms. The van der Waals surface area contributed by atoms with Crippen LogP contribution in [0.1, 0.15) is 33.4 Å². The molecule has 0 radical (unpaired) electrons. The van der Waals surface area contributed by atoms with Gasteiger partial charge in [0.15, 0.2) is 0 Å². The molecule has 0 unspecified atom stereocenters. The Hall–Kier alpha value is -1.82. The van der Waals surface area contributed by atoms with Crippen molar-refractivity contribution in [2.45, 2.75) is 34.1 Å². The van der Waals surface area contributed by atoms with Crippen LogP contribution < -0.4 is 0 Å². The first-order valence-electron chi connectivity index (χ1n) is 6.89. The minimum atomic E-state index is 1.03. The summed E-state index contributed by atoms with van der Waals surface area (Å²) in [4.78, 5) is 0. The molecule has 2 aromatic rings. The van der Waals surface area contributed by atoms with E-state index < -0.39 is 0 Å². The van der Waals surface area contributed by atoms with Crippen molar-refractivity contribution in [1.29, 1.82) is 0 Å². The average Bonchev–Trinajstić information content (AvgIpc) is 2.83. The number of hydrogen-bond donors (Lipinski definition) is 0. The molecule has 0 atom stereocenters. The summed E-state index contributed by atoms with van der Waals surface area (Å²) in [6.07, 6.45) is 5.27. The quantitative estimate of drug-likeness (QED) is 0.650. The van der Waals surface area contributed by atoms with Crippen LogP contribution in [0.25, 0.3) is 16.8 Å². The molecule has 0 heteroatoms. The van der Waals surface area contributed by atoms with E-state index in [0.29, 0.717) is 0 Å². The van der Waals surface area contributed by atoms with Crippen LogP contribution in [0, 0.1) is 27.7 Å². The van der Waals surface area contributed by atoms with Crippen molar-refractivity contribution < 1.29 is 0 Å². The van der Waals surface area contributed by atoms with Crippen LogP contribution in [0.2, 0.25) is 0 Å². The first kappa shape index (κ1) is 12.2. The highest BCUT2D eigenvalue weighted by Crippen LogP contribution is 2.35. The lowest BCUT2D eigenvalue weighted by atomic mass is 9.89. The van der Waals surface area contributed by atoms with Gasteiger partial charge in [-0.2, -0.15) is 0 Å². The summed E-state index contributed by atoms with van der Waals surface area (Å²) in [6, 6.07) is 4.74. The van der Waals surface area contributed by atoms with Crippen molar-refractivity contribution in [3.8, 4) is 0 Å². The summed E-state index contributed by atoms with van der Waals surface area (Å²) in [5, 5.41) is 2.82. The molecule has 0 saturated heterocycles. The topological polar surface area (TPSA) is 0 Å². The van der Waals surface area contributed by atoms with Gasteiger partial charge in [0.05, 0.1) is 0 Å². The van der Waals surface area contributed by atoms with E-state index in [0.717, 1.165) is 6.42 Å². The maximum atomic E-state index is 3.89. The van der Waals surface area contributed by atoms with Gasteiger partial charge in [-0.1, -0.05) is 18.7 Å². The highest BCUT2D eigenvalue weighted by Gasteiger charge is 2.15. The van der Waals surface area contributed by atoms with E-state index in [1.54, 1.807) is 0 Å². The molecule has 0 nitrogen and oxygen atoms in total. The van der Waals surface area contributed by atoms with Crippen molar-refractivity contribution in [1.82, 2.24) is 0 Å². The third-order valence-corrected chi connectivity index (χ3v) is 4.77. The van der Waals surface area contributed by atoms with Crippen LogP contribution in [0.3, 0.4) is 0 Å². The molecule has 0 heterocycles. The number of allylic oxidation sites excluding steroid dienone is 2. The largest absolute Gasteiger partial charge is 0.0988 e. The molecule has 1 aliphatic carbocycles. The van der Waals surface area contributed by atoms with Gasteiger partial charge in [0.1, 0.15) is 0 Å². The van der Waals surface area contributed by atoms with Crippen LogP contribution in [0.5, 0.6) is 0 Å². The second-order valence-corrected chi connectivity index (χ2v) is 5.70. The van der Waals surface area contributed by atoms with Crippen LogP contribution in [0.4, 0.5) is 0 Å². The van der Waals surface area contributed by atoms with Crippen molar-refractivity contribution in [2.24, 2.45) is 0 Å². The van der Waals surface area contributed by atoms with E-state index in [1.165, 1.54) is 49.7 Å². The van der Waals surface area contributed by atoms with E-state index >= 15 is 0 Å². The summed E-state index contributed by atoms with van der Waals surface area (Å²) in [7, 11) is 0. The molecule has 0 aromatic heterocycles. The first-order valence-corrected chi connectivity index (χ1v) is 6.89. The predicted octanol–water partition coefficient (Wildman–Crippen LogP) is 5.20. The lowest BCUT2D eigenvalue weighted by molar-refractivity contribution is 1.23. The standard InChI is InChI=1S/C19H20/c1-6-15-7-16-9-18-13(4)11(2)12(3)14(5)19(18)10-17(16)8-15/h6-7,9-10H,1,8H2,2-5H3. The summed E-state index contributed by atoms with van der Waals surface area (Å²) in [5.41, 5.74) is 9.83. The Morgan fingerprint density at radius 1 is 0.895 bits per heavy atom. The lowest BCUT2D eigenvalue weighted by Crippen LogP contribution is -1.95. The van der Waals surface area contributed by atoms with Gasteiger partial charge in [-0.15, -0.1) is 0 Å². The van der Waals surface area contributed by atoms with Crippen molar-refractivity contribution >= 4 is 16.8 Å². The Morgan fingerprint density at radius 2 is 1.47 bits per heavy atom. The molecule has 0 spiro atoms. The van der Waals surface area contributed by atoms with Gasteiger partial charge < -0.3 is 0 Å². The Balaban J connectivity index is 2.38. The minimum Gasteiger partial charge on any atom is -0.0988 e. The SMILES string of the molecule is C=CC1=Cc2cc3c(C)c(C)c(C)c(C)c3cc2C1. The normalized spacial score (nSPS) is 13.6. The van der Waals surface area contributed by atoms with Crippen LogP contribution in [0.15, 0.2) is 30.4 Å². The van der Waals surface area contributed by atoms with E-state index in [2.05, 4.69) is 52.5 Å². The summed E-state index contributed by atoms with van der Waals surface area (Å²) in [5.74, 6) is 0. The highest BCUT2D eigenvalue weighted by atomic mass is 14.2. The fraction of sp³-hybridized carbons (Fsp3) is 0.263. The first-order chi connectivity index (χ1) is 9.02. The summed E-state index contributed by atoms with van der Waals surface area (Å²) < 4.78 is 0. The van der Waals surface area contributed by atoms with Crippen LogP contribution in [-0.4, -0.2) is 0 Å². The maximum Gasteiger partial charge on any atom is -0.00196 e. The molecule has 0 amide bonds. The smallest absolute Gasteiger partial charge is 0.00196 e. The second kappa shape index (κ2) is 4.09. The Labute approximate surface area is 115 Å². The van der Waals surface area contributed by atoms with Crippen molar-refractivity contribution in [3.05, 3.63) is 63.7 Å². The van der Waals surface area contributed by atoms with E-state index in [1.807, 2.05) is 6.08 Å². The molecule has 96 valence electrons. The predicted molar refractivity (Wildman–Crippen MR) is 84.8 cm³/mol. The fourth-order valence-corrected chi connectivity index (χ4v) is 3.14. The van der Waals surface area contributed by atoms with Gasteiger partial charge in [0, 0.05) is 0 Å². The molecule has 3 rings (SSSR count). The minimum absolute atomic E-state index is 1.03. The third kappa shape index (κ3) is 1.67. The molecular weight excluding hydrogens is 228 g/mol. The zero-order valence-corrected chi connectivity index (χ0v) is 12.2. The molecule has 0 N–H and O–H groups in total.